The zero-order valence-corrected chi connectivity index (χ0v) is 25.1. The molecule has 3 aromatic rings. The second-order valence-corrected chi connectivity index (χ2v) is 10.6. The van der Waals surface area contributed by atoms with Crippen LogP contribution in [0, 0.1) is 5.92 Å². The Morgan fingerprint density at radius 2 is 1.83 bits per heavy atom. The molecule has 0 radical (unpaired) electrons. The Bertz CT molecular complexity index is 1440. The third-order valence-corrected chi connectivity index (χ3v) is 7.71. The van der Waals surface area contributed by atoms with E-state index in [1.807, 2.05) is 37.8 Å². The van der Waals surface area contributed by atoms with Gasteiger partial charge >= 0.3 is 0 Å². The summed E-state index contributed by atoms with van der Waals surface area (Å²) in [6.45, 7) is 15.6. The molecule has 2 aromatic heterocycles. The molecule has 2 aliphatic heterocycles. The van der Waals surface area contributed by atoms with E-state index in [0.29, 0.717) is 43.6 Å². The highest BCUT2D eigenvalue weighted by molar-refractivity contribution is 5.87. The quantitative estimate of drug-likeness (QED) is 0.365. The summed E-state index contributed by atoms with van der Waals surface area (Å²) in [4.78, 5) is 51.9. The molecule has 0 unspecified atom stereocenters. The normalized spacial score (nSPS) is 15.5. The zero-order valence-electron chi connectivity index (χ0n) is 25.1. The first kappa shape index (κ1) is 30.9. The molecular formula is C32H43N7O3. The number of aromatic nitrogens is 3. The molecule has 10 nitrogen and oxygen atoms in total. The van der Waals surface area contributed by atoms with Gasteiger partial charge in [-0.1, -0.05) is 39.5 Å². The SMILES string of the molecule is C=CC(=O)N1CC(CCn2c(=O)ccc3cnc(Nc4cccc(CN5CCN(C(=O)CCC)CC5)c4)nc32)C1.CC. The van der Waals surface area contributed by atoms with Gasteiger partial charge in [-0.2, -0.15) is 4.98 Å². The van der Waals surface area contributed by atoms with Gasteiger partial charge in [0, 0.05) is 82.1 Å². The number of fused-ring (bicyclic) bond motifs is 1. The van der Waals surface area contributed by atoms with Gasteiger partial charge < -0.3 is 15.1 Å². The van der Waals surface area contributed by atoms with E-state index in [1.165, 1.54) is 11.6 Å². The molecule has 2 amide bonds. The summed E-state index contributed by atoms with van der Waals surface area (Å²) < 4.78 is 1.70. The number of carbonyl (C=O) groups is 2. The molecule has 0 spiro atoms. The Hall–Kier alpha value is -4.05. The van der Waals surface area contributed by atoms with Crippen molar-refractivity contribution < 1.29 is 9.59 Å². The van der Waals surface area contributed by atoms with E-state index in [4.69, 9.17) is 4.98 Å². The van der Waals surface area contributed by atoms with Crippen LogP contribution < -0.4 is 10.9 Å². The molecule has 0 atom stereocenters. The molecule has 0 bridgehead atoms. The summed E-state index contributed by atoms with van der Waals surface area (Å²) in [7, 11) is 0. The number of likely N-dealkylation sites (tertiary alicyclic amines) is 1. The predicted molar refractivity (Wildman–Crippen MR) is 167 cm³/mol. The van der Waals surface area contributed by atoms with E-state index in [-0.39, 0.29) is 17.4 Å². The fraction of sp³-hybridized carbons (Fsp3) is 0.469. The van der Waals surface area contributed by atoms with Gasteiger partial charge in [-0.05, 0) is 48.6 Å². The monoisotopic (exact) mass is 573 g/mol. The van der Waals surface area contributed by atoms with Gasteiger partial charge in [0.15, 0.2) is 0 Å². The van der Waals surface area contributed by atoms with E-state index in [1.54, 1.807) is 27.8 Å². The standard InChI is InChI=1S/C30H37N7O3.C2H6/c1-3-6-27(39)35-15-13-34(14-16-35)19-22-7-5-8-25(17-22)32-30-31-18-24-9-10-28(40)37(29(24)33-30)12-11-23-20-36(21-23)26(38)4-2;1-2/h4-5,7-10,17-18,23H,2-3,6,11-16,19-21H2,1H3,(H,31,32,33);1-2H3. The fourth-order valence-corrected chi connectivity index (χ4v) is 5.38. The number of benzene rings is 1. The van der Waals surface area contributed by atoms with Gasteiger partial charge in [0.2, 0.25) is 17.8 Å². The Kier molecular flexibility index (Phi) is 10.8. The first-order chi connectivity index (χ1) is 20.4. The molecule has 10 heteroatoms. The van der Waals surface area contributed by atoms with Crippen LogP contribution in [0.2, 0.25) is 0 Å². The smallest absolute Gasteiger partial charge is 0.252 e. The second-order valence-electron chi connectivity index (χ2n) is 10.6. The van der Waals surface area contributed by atoms with Gasteiger partial charge in [0.25, 0.3) is 5.56 Å². The molecule has 2 fully saturated rings. The molecule has 4 heterocycles. The van der Waals surface area contributed by atoms with E-state index in [0.717, 1.165) is 56.6 Å². The highest BCUT2D eigenvalue weighted by Gasteiger charge is 2.29. The maximum absolute atomic E-state index is 12.7. The highest BCUT2D eigenvalue weighted by Crippen LogP contribution is 2.22. The lowest BCUT2D eigenvalue weighted by atomic mass is 9.96. The minimum atomic E-state index is -0.103. The van der Waals surface area contributed by atoms with Crippen LogP contribution in [-0.4, -0.2) is 80.3 Å². The number of rotatable bonds is 10. The van der Waals surface area contributed by atoms with Gasteiger partial charge in [0.05, 0.1) is 0 Å². The van der Waals surface area contributed by atoms with Crippen LogP contribution in [0.25, 0.3) is 11.0 Å². The Balaban J connectivity index is 0.00000198. The highest BCUT2D eigenvalue weighted by atomic mass is 16.2. The molecule has 1 N–H and O–H groups in total. The van der Waals surface area contributed by atoms with E-state index in [9.17, 15) is 14.4 Å². The van der Waals surface area contributed by atoms with Crippen molar-refractivity contribution >= 4 is 34.5 Å². The number of carbonyl (C=O) groups excluding carboxylic acids is 2. The summed E-state index contributed by atoms with van der Waals surface area (Å²) in [5.41, 5.74) is 2.53. The molecular weight excluding hydrogens is 530 g/mol. The van der Waals surface area contributed by atoms with Crippen LogP contribution in [0.5, 0.6) is 0 Å². The Morgan fingerprint density at radius 1 is 1.07 bits per heavy atom. The maximum atomic E-state index is 12.7. The van der Waals surface area contributed by atoms with Crippen LogP contribution in [0.4, 0.5) is 11.6 Å². The van der Waals surface area contributed by atoms with Crippen LogP contribution in [-0.2, 0) is 22.7 Å². The van der Waals surface area contributed by atoms with Gasteiger partial charge in [0.1, 0.15) is 5.65 Å². The first-order valence-corrected chi connectivity index (χ1v) is 15.1. The summed E-state index contributed by atoms with van der Waals surface area (Å²) in [6, 6.07) is 11.5. The predicted octanol–water partition coefficient (Wildman–Crippen LogP) is 4.04. The van der Waals surface area contributed by atoms with Gasteiger partial charge in [-0.25, -0.2) is 4.98 Å². The first-order valence-electron chi connectivity index (χ1n) is 15.1. The Labute approximate surface area is 248 Å². The largest absolute Gasteiger partial charge is 0.340 e. The number of anilines is 2. The minimum Gasteiger partial charge on any atom is -0.340 e. The number of nitrogens with zero attached hydrogens (tertiary/aromatic N) is 6. The minimum absolute atomic E-state index is 0.0485. The fourth-order valence-electron chi connectivity index (χ4n) is 5.38. The second kappa shape index (κ2) is 14.7. The van der Waals surface area contributed by atoms with Crippen LogP contribution >= 0.6 is 0 Å². The van der Waals surface area contributed by atoms with E-state index in [2.05, 4.69) is 33.9 Å². The third-order valence-electron chi connectivity index (χ3n) is 7.71. The van der Waals surface area contributed by atoms with Crippen molar-refractivity contribution in [3.05, 3.63) is 71.2 Å². The number of hydrogen-bond donors (Lipinski definition) is 1. The number of piperazine rings is 1. The molecule has 0 saturated carbocycles. The number of hydrogen-bond acceptors (Lipinski definition) is 7. The van der Waals surface area contributed by atoms with E-state index < -0.39 is 0 Å². The third kappa shape index (κ3) is 7.61. The molecule has 2 saturated heterocycles. The summed E-state index contributed by atoms with van der Waals surface area (Å²) in [5, 5.41) is 4.10. The van der Waals surface area contributed by atoms with Crippen molar-refractivity contribution in [3.63, 3.8) is 0 Å². The van der Waals surface area contributed by atoms with Crippen molar-refractivity contribution in [1.82, 2.24) is 29.2 Å². The number of pyridine rings is 1. The van der Waals surface area contributed by atoms with Crippen molar-refractivity contribution in [2.24, 2.45) is 5.92 Å². The Morgan fingerprint density at radius 3 is 2.55 bits per heavy atom. The lowest BCUT2D eigenvalue weighted by Gasteiger charge is -2.38. The van der Waals surface area contributed by atoms with E-state index >= 15 is 0 Å². The van der Waals surface area contributed by atoms with Crippen LogP contribution in [0.1, 0.15) is 45.6 Å². The van der Waals surface area contributed by atoms with Gasteiger partial charge in [-0.3, -0.25) is 23.9 Å². The number of nitrogens with one attached hydrogen (secondary N) is 1. The van der Waals surface area contributed by atoms with Crippen molar-refractivity contribution in [2.75, 3.05) is 44.6 Å². The lowest BCUT2D eigenvalue weighted by Crippen LogP contribution is -2.49. The molecule has 0 aliphatic carbocycles. The van der Waals surface area contributed by atoms with Gasteiger partial charge in [-0.15, -0.1) is 0 Å². The average Bonchev–Trinajstić information content (AvgIpc) is 2.99. The summed E-state index contributed by atoms with van der Waals surface area (Å²) in [6.07, 6.45) is 5.37. The maximum Gasteiger partial charge on any atom is 0.252 e. The molecule has 1 aromatic carbocycles. The number of aryl methyl sites for hydroxylation is 1. The molecule has 2 aliphatic rings. The van der Waals surface area contributed by atoms with Crippen molar-refractivity contribution in [3.8, 4) is 0 Å². The molecule has 5 rings (SSSR count). The summed E-state index contributed by atoms with van der Waals surface area (Å²) >= 11 is 0. The average molecular weight is 574 g/mol. The summed E-state index contributed by atoms with van der Waals surface area (Å²) in [5.74, 6) is 0.989. The molecule has 224 valence electrons. The topological polar surface area (TPSA) is 104 Å². The van der Waals surface area contributed by atoms with Crippen molar-refractivity contribution in [2.45, 2.75) is 53.1 Å². The zero-order chi connectivity index (χ0) is 30.1. The van der Waals surface area contributed by atoms with Crippen molar-refractivity contribution in [1.29, 1.82) is 0 Å². The number of amides is 2. The molecule has 42 heavy (non-hydrogen) atoms. The van der Waals surface area contributed by atoms with Crippen LogP contribution in [0.3, 0.4) is 0 Å². The van der Waals surface area contributed by atoms with Crippen LogP contribution in [0.15, 0.2) is 60.0 Å². The lowest BCUT2D eigenvalue weighted by molar-refractivity contribution is -0.133.